The summed E-state index contributed by atoms with van der Waals surface area (Å²) in [5.41, 5.74) is 6.55. The van der Waals surface area contributed by atoms with Crippen molar-refractivity contribution in [2.24, 2.45) is 5.73 Å². The minimum absolute atomic E-state index is 0.222. The molecule has 1 saturated heterocycles. The number of primary amides is 1. The van der Waals surface area contributed by atoms with Crippen molar-refractivity contribution in [2.75, 3.05) is 31.1 Å². The minimum atomic E-state index is -0.409. The highest BCUT2D eigenvalue weighted by atomic mass is 16.2. The van der Waals surface area contributed by atoms with Crippen molar-refractivity contribution in [2.45, 2.75) is 13.0 Å². The highest BCUT2D eigenvalue weighted by molar-refractivity contribution is 5.93. The molecule has 2 amide bonds. The van der Waals surface area contributed by atoms with Crippen LogP contribution in [0.2, 0.25) is 0 Å². The molecule has 1 aromatic rings. The van der Waals surface area contributed by atoms with E-state index in [4.69, 9.17) is 5.73 Å². The van der Waals surface area contributed by atoms with E-state index in [1.165, 1.54) is 0 Å². The highest BCUT2D eigenvalue weighted by Gasteiger charge is 2.27. The zero-order chi connectivity index (χ0) is 14.5. The molecule has 0 radical (unpaired) electrons. The van der Waals surface area contributed by atoms with Crippen LogP contribution in [0.1, 0.15) is 17.4 Å². The lowest BCUT2D eigenvalue weighted by Crippen LogP contribution is -2.57. The SMILES string of the molecule is CCNC(=O)c1cc(N2CCNCC2C(N)=O)ccn1. The van der Waals surface area contributed by atoms with Crippen molar-refractivity contribution >= 4 is 17.5 Å². The van der Waals surface area contributed by atoms with E-state index in [1.807, 2.05) is 11.8 Å². The van der Waals surface area contributed by atoms with E-state index in [2.05, 4.69) is 15.6 Å². The molecule has 2 heterocycles. The first-order valence-corrected chi connectivity index (χ1v) is 6.64. The summed E-state index contributed by atoms with van der Waals surface area (Å²) in [6.07, 6.45) is 1.57. The second kappa shape index (κ2) is 6.33. The van der Waals surface area contributed by atoms with Crippen molar-refractivity contribution in [3.05, 3.63) is 24.0 Å². The molecular weight excluding hydrogens is 258 g/mol. The van der Waals surface area contributed by atoms with Crippen molar-refractivity contribution in [3.8, 4) is 0 Å². The maximum absolute atomic E-state index is 11.8. The first-order valence-electron chi connectivity index (χ1n) is 6.64. The number of nitrogens with one attached hydrogen (secondary N) is 2. The van der Waals surface area contributed by atoms with Crippen molar-refractivity contribution in [3.63, 3.8) is 0 Å². The number of amides is 2. The number of nitrogens with two attached hydrogens (primary N) is 1. The molecule has 0 spiro atoms. The predicted octanol–water partition coefficient (Wildman–Crippen LogP) is -0.905. The monoisotopic (exact) mass is 277 g/mol. The van der Waals surface area contributed by atoms with Gasteiger partial charge in [0.05, 0.1) is 0 Å². The Morgan fingerprint density at radius 1 is 1.60 bits per heavy atom. The first kappa shape index (κ1) is 14.3. The fourth-order valence-electron chi connectivity index (χ4n) is 2.24. The topological polar surface area (TPSA) is 100 Å². The molecule has 1 unspecified atom stereocenters. The summed E-state index contributed by atoms with van der Waals surface area (Å²) >= 11 is 0. The molecule has 7 nitrogen and oxygen atoms in total. The van der Waals surface area contributed by atoms with Gasteiger partial charge in [-0.1, -0.05) is 0 Å². The van der Waals surface area contributed by atoms with Crippen molar-refractivity contribution in [1.29, 1.82) is 0 Å². The van der Waals surface area contributed by atoms with Crippen LogP contribution < -0.4 is 21.3 Å². The molecule has 0 aliphatic carbocycles. The Hall–Kier alpha value is -2.15. The standard InChI is InChI=1S/C13H19N5O2/c1-2-16-13(20)10-7-9(3-4-17-10)18-6-5-15-8-11(18)12(14)19/h3-4,7,11,15H,2,5-6,8H2,1H3,(H2,14,19)(H,16,20). The largest absolute Gasteiger partial charge is 0.368 e. The van der Waals surface area contributed by atoms with Crippen LogP contribution in [0.5, 0.6) is 0 Å². The van der Waals surface area contributed by atoms with Crippen LogP contribution >= 0.6 is 0 Å². The van der Waals surface area contributed by atoms with Gasteiger partial charge in [0.25, 0.3) is 5.91 Å². The summed E-state index contributed by atoms with van der Waals surface area (Å²) in [6.45, 7) is 4.33. The van der Waals surface area contributed by atoms with Crippen LogP contribution in [-0.4, -0.2) is 49.0 Å². The van der Waals surface area contributed by atoms with E-state index in [-0.39, 0.29) is 11.8 Å². The number of nitrogens with zero attached hydrogens (tertiary/aromatic N) is 2. The van der Waals surface area contributed by atoms with Crippen molar-refractivity contribution in [1.82, 2.24) is 15.6 Å². The molecule has 1 aromatic heterocycles. The number of hydrogen-bond acceptors (Lipinski definition) is 5. The molecule has 4 N–H and O–H groups in total. The number of carbonyl (C=O) groups excluding carboxylic acids is 2. The number of rotatable bonds is 4. The summed E-state index contributed by atoms with van der Waals surface area (Å²) in [4.78, 5) is 29.3. The maximum Gasteiger partial charge on any atom is 0.269 e. The maximum atomic E-state index is 11.8. The second-order valence-corrected chi connectivity index (χ2v) is 4.57. The molecule has 20 heavy (non-hydrogen) atoms. The van der Waals surface area contributed by atoms with E-state index in [0.717, 1.165) is 12.2 Å². The Bertz CT molecular complexity index is 505. The van der Waals surface area contributed by atoms with E-state index >= 15 is 0 Å². The lowest BCUT2D eigenvalue weighted by molar-refractivity contribution is -0.119. The van der Waals surface area contributed by atoms with Crippen LogP contribution in [0.15, 0.2) is 18.3 Å². The molecule has 0 bridgehead atoms. The molecule has 108 valence electrons. The summed E-state index contributed by atoms with van der Waals surface area (Å²) < 4.78 is 0. The van der Waals surface area contributed by atoms with Gasteiger partial charge in [0.15, 0.2) is 0 Å². The van der Waals surface area contributed by atoms with Gasteiger partial charge in [-0.2, -0.15) is 0 Å². The Kier molecular flexibility index (Phi) is 4.52. The number of pyridine rings is 1. The number of aromatic nitrogens is 1. The third-order valence-electron chi connectivity index (χ3n) is 3.22. The molecule has 2 rings (SSSR count). The smallest absolute Gasteiger partial charge is 0.269 e. The Balaban J connectivity index is 2.24. The summed E-state index contributed by atoms with van der Waals surface area (Å²) in [7, 11) is 0. The van der Waals surface area contributed by atoms with Gasteiger partial charge in [-0.3, -0.25) is 14.6 Å². The third-order valence-corrected chi connectivity index (χ3v) is 3.22. The van der Waals surface area contributed by atoms with Crippen LogP contribution in [0, 0.1) is 0 Å². The summed E-state index contributed by atoms with van der Waals surface area (Å²) in [5.74, 6) is -0.603. The van der Waals surface area contributed by atoms with Gasteiger partial charge in [0, 0.05) is 38.1 Å². The van der Waals surface area contributed by atoms with Gasteiger partial charge >= 0.3 is 0 Å². The number of piperazine rings is 1. The molecule has 1 atom stereocenters. The zero-order valence-corrected chi connectivity index (χ0v) is 11.4. The normalized spacial score (nSPS) is 18.6. The molecule has 1 aliphatic rings. The summed E-state index contributed by atoms with van der Waals surface area (Å²) in [5, 5.41) is 5.84. The molecule has 0 aromatic carbocycles. The fraction of sp³-hybridized carbons (Fsp3) is 0.462. The molecule has 0 saturated carbocycles. The van der Waals surface area contributed by atoms with E-state index in [1.54, 1.807) is 18.3 Å². The average Bonchev–Trinajstić information content (AvgIpc) is 2.47. The molecule has 1 aliphatic heterocycles. The van der Waals surface area contributed by atoms with Gasteiger partial charge in [0.2, 0.25) is 5.91 Å². The first-order chi connectivity index (χ1) is 9.63. The molecule has 7 heteroatoms. The Morgan fingerprint density at radius 3 is 3.10 bits per heavy atom. The van der Waals surface area contributed by atoms with E-state index in [0.29, 0.717) is 25.3 Å². The number of carbonyl (C=O) groups is 2. The van der Waals surface area contributed by atoms with Gasteiger partial charge < -0.3 is 21.3 Å². The quantitative estimate of drug-likeness (QED) is 0.662. The Labute approximate surface area is 117 Å². The summed E-state index contributed by atoms with van der Waals surface area (Å²) in [6, 6.07) is 3.06. The van der Waals surface area contributed by atoms with Gasteiger partial charge in [-0.15, -0.1) is 0 Å². The third kappa shape index (κ3) is 3.05. The highest BCUT2D eigenvalue weighted by Crippen LogP contribution is 2.18. The van der Waals surface area contributed by atoms with E-state index in [9.17, 15) is 9.59 Å². The Morgan fingerprint density at radius 2 is 2.40 bits per heavy atom. The zero-order valence-electron chi connectivity index (χ0n) is 11.4. The lowest BCUT2D eigenvalue weighted by atomic mass is 10.1. The van der Waals surface area contributed by atoms with E-state index < -0.39 is 6.04 Å². The fourth-order valence-corrected chi connectivity index (χ4v) is 2.24. The van der Waals surface area contributed by atoms with Gasteiger partial charge in [-0.25, -0.2) is 0 Å². The van der Waals surface area contributed by atoms with Gasteiger partial charge in [-0.05, 0) is 19.1 Å². The van der Waals surface area contributed by atoms with Crippen molar-refractivity contribution < 1.29 is 9.59 Å². The molecular formula is C13H19N5O2. The predicted molar refractivity (Wildman–Crippen MR) is 75.4 cm³/mol. The second-order valence-electron chi connectivity index (χ2n) is 4.57. The number of hydrogen-bond donors (Lipinski definition) is 3. The van der Waals surface area contributed by atoms with Crippen LogP contribution in [0.4, 0.5) is 5.69 Å². The van der Waals surface area contributed by atoms with Crippen LogP contribution in [0.25, 0.3) is 0 Å². The van der Waals surface area contributed by atoms with Crippen LogP contribution in [0.3, 0.4) is 0 Å². The van der Waals surface area contributed by atoms with Gasteiger partial charge in [0.1, 0.15) is 11.7 Å². The average molecular weight is 277 g/mol. The van der Waals surface area contributed by atoms with Crippen LogP contribution in [-0.2, 0) is 4.79 Å². The minimum Gasteiger partial charge on any atom is -0.368 e. The lowest BCUT2D eigenvalue weighted by Gasteiger charge is -2.36. The number of anilines is 1. The molecule has 1 fully saturated rings.